The molecule has 1 atom stereocenters. The standard InChI is InChI=1S/C19H30N4O2S2/c1-2-14-4-5-16-15(12-14)13-17(27-16)18(24)21-22-19(26)20-6-3-7-23-8-10-25-11-9-23/h13-14H,2-12H2,1H3,(H,21,24)(H2,20,22,26)/t14-/m1/s1. The highest BCUT2D eigenvalue weighted by Gasteiger charge is 2.22. The first-order chi connectivity index (χ1) is 13.2. The fourth-order valence-corrected chi connectivity index (χ4v) is 4.86. The van der Waals surface area contributed by atoms with Gasteiger partial charge < -0.3 is 10.1 Å². The minimum Gasteiger partial charge on any atom is -0.379 e. The number of aryl methyl sites for hydroxylation is 1. The predicted molar refractivity (Wildman–Crippen MR) is 113 cm³/mol. The second-order valence-electron chi connectivity index (χ2n) is 7.22. The maximum Gasteiger partial charge on any atom is 0.279 e. The van der Waals surface area contributed by atoms with Gasteiger partial charge in [0.15, 0.2) is 5.11 Å². The number of thiophene rings is 1. The molecular formula is C19H30N4O2S2. The van der Waals surface area contributed by atoms with E-state index in [1.165, 1.54) is 23.3 Å². The van der Waals surface area contributed by atoms with E-state index in [1.54, 1.807) is 11.3 Å². The number of rotatable bonds is 6. The highest BCUT2D eigenvalue weighted by molar-refractivity contribution is 7.80. The zero-order valence-electron chi connectivity index (χ0n) is 16.0. The Morgan fingerprint density at radius 1 is 1.37 bits per heavy atom. The van der Waals surface area contributed by atoms with E-state index in [0.717, 1.165) is 69.5 Å². The van der Waals surface area contributed by atoms with Gasteiger partial charge >= 0.3 is 0 Å². The molecule has 0 saturated carbocycles. The Labute approximate surface area is 171 Å². The minimum absolute atomic E-state index is 0.111. The molecule has 6 nitrogen and oxygen atoms in total. The maximum absolute atomic E-state index is 12.4. The van der Waals surface area contributed by atoms with Crippen molar-refractivity contribution in [1.82, 2.24) is 21.1 Å². The average molecular weight is 411 g/mol. The van der Waals surface area contributed by atoms with Crippen molar-refractivity contribution in [3.8, 4) is 0 Å². The number of hydrogen-bond donors (Lipinski definition) is 3. The molecule has 0 radical (unpaired) electrons. The van der Waals surface area contributed by atoms with E-state index in [9.17, 15) is 4.79 Å². The van der Waals surface area contributed by atoms with Crippen LogP contribution in [0.3, 0.4) is 0 Å². The van der Waals surface area contributed by atoms with Crippen molar-refractivity contribution in [3.05, 3.63) is 21.4 Å². The van der Waals surface area contributed by atoms with Crippen LogP contribution < -0.4 is 16.2 Å². The van der Waals surface area contributed by atoms with E-state index in [-0.39, 0.29) is 5.91 Å². The van der Waals surface area contributed by atoms with Crippen LogP contribution in [0, 0.1) is 5.92 Å². The van der Waals surface area contributed by atoms with Gasteiger partial charge in [0.2, 0.25) is 0 Å². The molecule has 0 bridgehead atoms. The van der Waals surface area contributed by atoms with Gasteiger partial charge in [0.25, 0.3) is 5.91 Å². The molecule has 1 aromatic heterocycles. The fraction of sp³-hybridized carbons (Fsp3) is 0.684. The highest BCUT2D eigenvalue weighted by Crippen LogP contribution is 2.33. The number of amides is 1. The first-order valence-electron chi connectivity index (χ1n) is 9.91. The number of fused-ring (bicyclic) bond motifs is 1. The van der Waals surface area contributed by atoms with E-state index in [2.05, 4.69) is 34.1 Å². The summed E-state index contributed by atoms with van der Waals surface area (Å²) in [7, 11) is 0. The highest BCUT2D eigenvalue weighted by atomic mass is 32.1. The Kier molecular flexibility index (Phi) is 7.87. The molecule has 150 valence electrons. The molecule has 0 unspecified atom stereocenters. The molecule has 1 aliphatic heterocycles. The summed E-state index contributed by atoms with van der Waals surface area (Å²) in [5.74, 6) is 0.648. The first kappa shape index (κ1) is 20.5. The Balaban J connectivity index is 1.34. The van der Waals surface area contributed by atoms with E-state index >= 15 is 0 Å². The number of hydrogen-bond acceptors (Lipinski definition) is 5. The number of morpholine rings is 1. The molecule has 1 amide bonds. The van der Waals surface area contributed by atoms with Crippen LogP contribution in [0.1, 0.15) is 46.3 Å². The van der Waals surface area contributed by atoms with E-state index in [0.29, 0.717) is 5.11 Å². The SMILES string of the molecule is CC[C@@H]1CCc2sc(C(=O)NNC(=S)NCCCN3CCOCC3)cc2C1. The van der Waals surface area contributed by atoms with Crippen molar-refractivity contribution in [2.24, 2.45) is 5.92 Å². The number of carbonyl (C=O) groups is 1. The lowest BCUT2D eigenvalue weighted by Gasteiger charge is -2.26. The largest absolute Gasteiger partial charge is 0.379 e. The molecule has 3 rings (SSSR count). The smallest absolute Gasteiger partial charge is 0.279 e. The summed E-state index contributed by atoms with van der Waals surface area (Å²) in [6.45, 7) is 7.71. The summed E-state index contributed by atoms with van der Waals surface area (Å²) in [6, 6.07) is 2.05. The van der Waals surface area contributed by atoms with Gasteiger partial charge in [-0.1, -0.05) is 13.3 Å². The molecule has 3 N–H and O–H groups in total. The van der Waals surface area contributed by atoms with Crippen molar-refractivity contribution in [3.63, 3.8) is 0 Å². The van der Waals surface area contributed by atoms with Crippen LogP contribution in [0.5, 0.6) is 0 Å². The normalized spacial score (nSPS) is 20.0. The van der Waals surface area contributed by atoms with Gasteiger partial charge in [-0.15, -0.1) is 11.3 Å². The van der Waals surface area contributed by atoms with Crippen LogP contribution >= 0.6 is 23.6 Å². The number of nitrogens with one attached hydrogen (secondary N) is 3. The molecule has 2 heterocycles. The monoisotopic (exact) mass is 410 g/mol. The molecular weight excluding hydrogens is 380 g/mol. The van der Waals surface area contributed by atoms with Crippen LogP contribution in [0.2, 0.25) is 0 Å². The molecule has 2 aliphatic rings. The number of thiocarbonyl (C=S) groups is 1. The quantitative estimate of drug-likeness (QED) is 0.379. The van der Waals surface area contributed by atoms with Gasteiger partial charge in [0, 0.05) is 24.5 Å². The molecule has 8 heteroatoms. The zero-order chi connectivity index (χ0) is 19.1. The van der Waals surface area contributed by atoms with Gasteiger partial charge in [-0.2, -0.15) is 0 Å². The minimum atomic E-state index is -0.111. The van der Waals surface area contributed by atoms with Crippen LogP contribution in [-0.2, 0) is 17.6 Å². The van der Waals surface area contributed by atoms with Crippen LogP contribution in [-0.4, -0.2) is 55.3 Å². The van der Waals surface area contributed by atoms with Crippen molar-refractivity contribution in [2.75, 3.05) is 39.4 Å². The molecule has 0 spiro atoms. The lowest BCUT2D eigenvalue weighted by molar-refractivity contribution is 0.0376. The molecule has 1 fully saturated rings. The van der Waals surface area contributed by atoms with Gasteiger partial charge in [-0.3, -0.25) is 20.5 Å². The molecule has 1 aromatic rings. The Morgan fingerprint density at radius 3 is 2.96 bits per heavy atom. The predicted octanol–water partition coefficient (Wildman–Crippen LogP) is 2.09. The first-order valence-corrected chi connectivity index (χ1v) is 11.1. The fourth-order valence-electron chi connectivity index (χ4n) is 3.61. The van der Waals surface area contributed by atoms with E-state index in [1.807, 2.05) is 0 Å². The summed E-state index contributed by atoms with van der Waals surface area (Å²) in [6.07, 6.45) is 5.66. The van der Waals surface area contributed by atoms with Crippen LogP contribution in [0.15, 0.2) is 6.07 Å². The summed E-state index contributed by atoms with van der Waals surface area (Å²) in [5, 5.41) is 3.60. The summed E-state index contributed by atoms with van der Waals surface area (Å²) >= 11 is 6.86. The van der Waals surface area contributed by atoms with E-state index < -0.39 is 0 Å². The second-order valence-corrected chi connectivity index (χ2v) is 8.76. The topological polar surface area (TPSA) is 65.6 Å². The third kappa shape index (κ3) is 6.14. The van der Waals surface area contributed by atoms with Crippen molar-refractivity contribution in [1.29, 1.82) is 0 Å². The number of nitrogens with zero attached hydrogens (tertiary/aromatic N) is 1. The lowest BCUT2D eigenvalue weighted by atomic mass is 9.87. The third-order valence-corrected chi connectivity index (χ3v) is 6.80. The number of hydrazine groups is 1. The zero-order valence-corrected chi connectivity index (χ0v) is 17.6. The summed E-state index contributed by atoms with van der Waals surface area (Å²) in [4.78, 5) is 16.9. The van der Waals surface area contributed by atoms with Crippen LogP contribution in [0.4, 0.5) is 0 Å². The number of ether oxygens (including phenoxy) is 1. The lowest BCUT2D eigenvalue weighted by Crippen LogP contribution is -2.47. The van der Waals surface area contributed by atoms with Crippen molar-refractivity contribution < 1.29 is 9.53 Å². The molecule has 1 aliphatic carbocycles. The van der Waals surface area contributed by atoms with Gasteiger partial charge in [-0.25, -0.2) is 0 Å². The molecule has 1 saturated heterocycles. The third-order valence-electron chi connectivity index (χ3n) is 5.32. The Morgan fingerprint density at radius 2 is 2.19 bits per heavy atom. The summed E-state index contributed by atoms with van der Waals surface area (Å²) in [5.41, 5.74) is 6.88. The molecule has 27 heavy (non-hydrogen) atoms. The second kappa shape index (κ2) is 10.4. The van der Waals surface area contributed by atoms with Gasteiger partial charge in [0.05, 0.1) is 18.1 Å². The van der Waals surface area contributed by atoms with E-state index in [4.69, 9.17) is 17.0 Å². The number of carbonyl (C=O) groups excluding carboxylic acids is 1. The van der Waals surface area contributed by atoms with Crippen LogP contribution in [0.25, 0.3) is 0 Å². The summed E-state index contributed by atoms with van der Waals surface area (Å²) < 4.78 is 5.35. The average Bonchev–Trinajstić information content (AvgIpc) is 3.13. The maximum atomic E-state index is 12.4. The van der Waals surface area contributed by atoms with Gasteiger partial charge in [0.1, 0.15) is 0 Å². The van der Waals surface area contributed by atoms with Crippen molar-refractivity contribution in [2.45, 2.75) is 39.0 Å². The van der Waals surface area contributed by atoms with Crippen molar-refractivity contribution >= 4 is 34.6 Å². The van der Waals surface area contributed by atoms with Gasteiger partial charge in [-0.05, 0) is 62.0 Å². The Bertz CT molecular complexity index is 644. The Hall–Kier alpha value is -1.22. The molecule has 0 aromatic carbocycles.